The van der Waals surface area contributed by atoms with E-state index in [-0.39, 0.29) is 11.8 Å². The number of aliphatic carboxylic acids is 1. The molecule has 5 nitrogen and oxygen atoms in total. The number of nitrogens with one attached hydrogen (secondary N) is 1. The number of hydrogen-bond donors (Lipinski definition) is 2. The van der Waals surface area contributed by atoms with Crippen LogP contribution in [0.25, 0.3) is 11.0 Å². The van der Waals surface area contributed by atoms with Crippen molar-refractivity contribution in [3.8, 4) is 0 Å². The largest absolute Gasteiger partial charge is 0.481 e. The second-order valence-corrected chi connectivity index (χ2v) is 5.27. The van der Waals surface area contributed by atoms with Crippen molar-refractivity contribution in [3.63, 3.8) is 0 Å². The Morgan fingerprint density at radius 3 is 3.00 bits per heavy atom. The molecule has 2 aromatic heterocycles. The molecular weight excluding hydrogens is 244 g/mol. The lowest BCUT2D eigenvalue weighted by molar-refractivity contribution is -0.141. The summed E-state index contributed by atoms with van der Waals surface area (Å²) in [6.07, 6.45) is 6.59. The van der Waals surface area contributed by atoms with E-state index in [0.717, 1.165) is 36.0 Å². The number of carbonyl (C=O) groups is 1. The average Bonchev–Trinajstić information content (AvgIpc) is 2.80. The normalized spacial score (nSPS) is 17.1. The summed E-state index contributed by atoms with van der Waals surface area (Å²) in [5, 5.41) is 13.2. The Kier molecular flexibility index (Phi) is 2.89. The third-order valence-electron chi connectivity index (χ3n) is 3.95. The van der Waals surface area contributed by atoms with E-state index in [9.17, 15) is 4.79 Å². The van der Waals surface area contributed by atoms with E-state index in [0.29, 0.717) is 6.54 Å². The van der Waals surface area contributed by atoms with Crippen molar-refractivity contribution in [2.24, 2.45) is 5.41 Å². The molecule has 2 aromatic rings. The van der Waals surface area contributed by atoms with Crippen LogP contribution in [0.2, 0.25) is 0 Å². The van der Waals surface area contributed by atoms with E-state index in [1.807, 2.05) is 12.1 Å². The molecule has 0 atom stereocenters. The minimum Gasteiger partial charge on any atom is -0.481 e. The fraction of sp³-hybridized carbons (Fsp3) is 0.429. The van der Waals surface area contributed by atoms with Gasteiger partial charge in [0.1, 0.15) is 11.4 Å². The van der Waals surface area contributed by atoms with Crippen LogP contribution in [-0.4, -0.2) is 22.6 Å². The first kappa shape index (κ1) is 12.0. The van der Waals surface area contributed by atoms with Crippen LogP contribution >= 0.6 is 0 Å². The Labute approximate surface area is 110 Å². The first-order valence-corrected chi connectivity index (χ1v) is 6.46. The molecule has 0 bridgehead atoms. The van der Waals surface area contributed by atoms with Crippen molar-refractivity contribution in [2.45, 2.75) is 25.7 Å². The first-order valence-electron chi connectivity index (χ1n) is 6.46. The van der Waals surface area contributed by atoms with E-state index in [1.54, 1.807) is 12.5 Å². The molecule has 100 valence electrons. The monoisotopic (exact) mass is 260 g/mol. The van der Waals surface area contributed by atoms with Gasteiger partial charge in [0.05, 0.1) is 18.1 Å². The number of carboxylic acid groups (broad SMARTS) is 1. The Morgan fingerprint density at radius 2 is 2.32 bits per heavy atom. The van der Waals surface area contributed by atoms with E-state index in [1.165, 1.54) is 0 Å². The molecule has 5 heteroatoms. The molecule has 0 aliphatic heterocycles. The standard InChI is InChI=1S/C14H16N2O3/c17-12(18)8-14(4-1-5-14)9-16-13-10-3-7-19-11(10)2-6-15-13/h2-3,6-7H,1,4-5,8-9H2,(H,15,16)(H,17,18). The van der Waals surface area contributed by atoms with Gasteiger partial charge < -0.3 is 14.8 Å². The fourth-order valence-corrected chi connectivity index (χ4v) is 2.72. The third kappa shape index (κ3) is 2.28. The van der Waals surface area contributed by atoms with Crippen molar-refractivity contribution in [1.82, 2.24) is 4.98 Å². The van der Waals surface area contributed by atoms with Crippen LogP contribution in [-0.2, 0) is 4.79 Å². The number of fused-ring (bicyclic) bond motifs is 1. The summed E-state index contributed by atoms with van der Waals surface area (Å²) in [5.41, 5.74) is 0.678. The maximum Gasteiger partial charge on any atom is 0.303 e. The SMILES string of the molecule is O=C(O)CC1(CNc2nccc3occc23)CCC1. The second kappa shape index (κ2) is 4.57. The number of rotatable bonds is 5. The molecule has 0 saturated heterocycles. The van der Waals surface area contributed by atoms with Gasteiger partial charge in [-0.3, -0.25) is 4.79 Å². The quantitative estimate of drug-likeness (QED) is 0.864. The van der Waals surface area contributed by atoms with Gasteiger partial charge in [-0.15, -0.1) is 0 Å². The predicted molar refractivity (Wildman–Crippen MR) is 71.0 cm³/mol. The Morgan fingerprint density at radius 1 is 1.47 bits per heavy atom. The molecular formula is C14H16N2O3. The number of anilines is 1. The molecule has 3 rings (SSSR count). The molecule has 1 saturated carbocycles. The van der Waals surface area contributed by atoms with Crippen LogP contribution in [0.15, 0.2) is 29.0 Å². The number of nitrogens with zero attached hydrogens (tertiary/aromatic N) is 1. The summed E-state index contributed by atoms with van der Waals surface area (Å²) in [4.78, 5) is 15.2. The lowest BCUT2D eigenvalue weighted by Gasteiger charge is -2.41. The highest BCUT2D eigenvalue weighted by Gasteiger charge is 2.38. The van der Waals surface area contributed by atoms with Gasteiger partial charge in [-0.05, 0) is 30.4 Å². The molecule has 0 spiro atoms. The summed E-state index contributed by atoms with van der Waals surface area (Å²) < 4.78 is 5.32. The van der Waals surface area contributed by atoms with Crippen molar-refractivity contribution in [2.75, 3.05) is 11.9 Å². The number of pyridine rings is 1. The summed E-state index contributed by atoms with van der Waals surface area (Å²) in [6, 6.07) is 3.69. The fourth-order valence-electron chi connectivity index (χ4n) is 2.72. The molecule has 1 fully saturated rings. The van der Waals surface area contributed by atoms with Crippen molar-refractivity contribution < 1.29 is 14.3 Å². The summed E-state index contributed by atoms with van der Waals surface area (Å²) in [5.74, 6) is 0.0406. The van der Waals surface area contributed by atoms with Crippen LogP contribution in [0, 0.1) is 5.41 Å². The van der Waals surface area contributed by atoms with Gasteiger partial charge in [0.2, 0.25) is 0 Å². The van der Waals surface area contributed by atoms with Crippen molar-refractivity contribution in [1.29, 1.82) is 0 Å². The van der Waals surface area contributed by atoms with Gasteiger partial charge in [0.25, 0.3) is 0 Å². The van der Waals surface area contributed by atoms with Crippen molar-refractivity contribution in [3.05, 3.63) is 24.6 Å². The average molecular weight is 260 g/mol. The minimum atomic E-state index is -0.726. The van der Waals surface area contributed by atoms with Crippen LogP contribution in [0.5, 0.6) is 0 Å². The van der Waals surface area contributed by atoms with Crippen LogP contribution in [0.1, 0.15) is 25.7 Å². The third-order valence-corrected chi connectivity index (χ3v) is 3.95. The van der Waals surface area contributed by atoms with Gasteiger partial charge in [0, 0.05) is 12.7 Å². The van der Waals surface area contributed by atoms with E-state index < -0.39 is 5.97 Å². The lowest BCUT2D eigenvalue weighted by Crippen LogP contribution is -2.38. The maximum absolute atomic E-state index is 10.9. The van der Waals surface area contributed by atoms with Crippen LogP contribution in [0.3, 0.4) is 0 Å². The summed E-state index contributed by atoms with van der Waals surface area (Å²) >= 11 is 0. The van der Waals surface area contributed by atoms with Gasteiger partial charge in [-0.2, -0.15) is 0 Å². The van der Waals surface area contributed by atoms with E-state index in [4.69, 9.17) is 9.52 Å². The molecule has 0 aromatic carbocycles. The minimum absolute atomic E-state index is 0.112. The number of aromatic nitrogens is 1. The number of furan rings is 1. The summed E-state index contributed by atoms with van der Waals surface area (Å²) in [6.45, 7) is 0.649. The molecule has 0 radical (unpaired) electrons. The Balaban J connectivity index is 1.75. The van der Waals surface area contributed by atoms with Gasteiger partial charge in [-0.25, -0.2) is 4.98 Å². The smallest absolute Gasteiger partial charge is 0.303 e. The maximum atomic E-state index is 10.9. The van der Waals surface area contributed by atoms with Gasteiger partial charge in [0.15, 0.2) is 0 Å². The molecule has 1 aliphatic carbocycles. The predicted octanol–water partition coefficient (Wildman–Crippen LogP) is 2.88. The zero-order valence-electron chi connectivity index (χ0n) is 10.6. The highest BCUT2D eigenvalue weighted by molar-refractivity contribution is 5.87. The lowest BCUT2D eigenvalue weighted by atomic mass is 9.66. The highest BCUT2D eigenvalue weighted by atomic mass is 16.4. The van der Waals surface area contributed by atoms with Gasteiger partial charge >= 0.3 is 5.97 Å². The van der Waals surface area contributed by atoms with E-state index >= 15 is 0 Å². The first-order chi connectivity index (χ1) is 9.19. The van der Waals surface area contributed by atoms with E-state index in [2.05, 4.69) is 10.3 Å². The molecule has 2 N–H and O–H groups in total. The van der Waals surface area contributed by atoms with Crippen LogP contribution in [0.4, 0.5) is 5.82 Å². The van der Waals surface area contributed by atoms with Crippen molar-refractivity contribution >= 4 is 22.8 Å². The Bertz CT molecular complexity index is 602. The topological polar surface area (TPSA) is 75.4 Å². The highest BCUT2D eigenvalue weighted by Crippen LogP contribution is 2.44. The number of carboxylic acids is 1. The molecule has 2 heterocycles. The zero-order chi connectivity index (χ0) is 13.3. The summed E-state index contributed by atoms with van der Waals surface area (Å²) in [7, 11) is 0. The molecule has 19 heavy (non-hydrogen) atoms. The number of hydrogen-bond acceptors (Lipinski definition) is 4. The second-order valence-electron chi connectivity index (χ2n) is 5.27. The van der Waals surface area contributed by atoms with Crippen LogP contribution < -0.4 is 5.32 Å². The molecule has 0 amide bonds. The van der Waals surface area contributed by atoms with Gasteiger partial charge in [-0.1, -0.05) is 6.42 Å². The Hall–Kier alpha value is -2.04. The molecule has 1 aliphatic rings. The molecule has 0 unspecified atom stereocenters. The zero-order valence-corrected chi connectivity index (χ0v) is 10.6.